The first-order valence-electron chi connectivity index (χ1n) is 7.01. The highest BCUT2D eigenvalue weighted by atomic mass is 32.2. The summed E-state index contributed by atoms with van der Waals surface area (Å²) in [4.78, 5) is 13.2. The smallest absolute Gasteiger partial charge is 0.244 e. The van der Waals surface area contributed by atoms with Crippen LogP contribution in [0, 0.1) is 0 Å². The minimum Gasteiger partial charge on any atom is -0.394 e. The second-order valence-corrected chi connectivity index (χ2v) is 5.64. The molecule has 0 radical (unpaired) electrons. The lowest BCUT2D eigenvalue weighted by Gasteiger charge is -2.15. The number of rotatable bonds is 6. The lowest BCUT2D eigenvalue weighted by Crippen LogP contribution is -2.29. The molecule has 114 valence electrons. The molecule has 2 aromatic rings. The summed E-state index contributed by atoms with van der Waals surface area (Å²) in [7, 11) is 0. The Hall–Kier alpha value is -2.04. The Labute approximate surface area is 135 Å². The van der Waals surface area contributed by atoms with Crippen LogP contribution in [0.1, 0.15) is 17.2 Å². The molecule has 2 N–H and O–H groups in total. The molecule has 2 aromatic carbocycles. The third-order valence-corrected chi connectivity index (χ3v) is 3.99. The summed E-state index contributed by atoms with van der Waals surface area (Å²) in [6, 6.07) is 17.0. The van der Waals surface area contributed by atoms with E-state index in [9.17, 15) is 9.90 Å². The van der Waals surface area contributed by atoms with Crippen molar-refractivity contribution in [1.29, 1.82) is 0 Å². The summed E-state index contributed by atoms with van der Waals surface area (Å²) in [5.74, 6) is -0.225. The molecule has 3 nitrogen and oxygen atoms in total. The molecule has 0 bridgehead atoms. The fourth-order valence-electron chi connectivity index (χ4n) is 2.03. The van der Waals surface area contributed by atoms with Gasteiger partial charge in [0, 0.05) is 11.0 Å². The molecule has 0 unspecified atom stereocenters. The molecule has 0 spiro atoms. The number of hydrogen-bond acceptors (Lipinski definition) is 3. The average molecular weight is 313 g/mol. The molecule has 1 amide bonds. The molecule has 1 atom stereocenters. The number of aliphatic hydroxyl groups excluding tert-OH is 1. The van der Waals surface area contributed by atoms with Gasteiger partial charge in [0.15, 0.2) is 0 Å². The van der Waals surface area contributed by atoms with E-state index in [-0.39, 0.29) is 12.5 Å². The van der Waals surface area contributed by atoms with Crippen molar-refractivity contribution in [2.75, 3.05) is 12.9 Å². The number of aliphatic hydroxyl groups is 1. The van der Waals surface area contributed by atoms with Crippen LogP contribution in [0.4, 0.5) is 0 Å². The molecule has 0 aromatic heterocycles. The van der Waals surface area contributed by atoms with Gasteiger partial charge in [-0.05, 0) is 35.6 Å². The summed E-state index contributed by atoms with van der Waals surface area (Å²) in [5, 5.41) is 12.2. The summed E-state index contributed by atoms with van der Waals surface area (Å²) < 4.78 is 0. The maximum Gasteiger partial charge on any atom is 0.244 e. The predicted octanol–water partition coefficient (Wildman–Crippen LogP) is 3.27. The van der Waals surface area contributed by atoms with E-state index >= 15 is 0 Å². The molecule has 0 fully saturated rings. The summed E-state index contributed by atoms with van der Waals surface area (Å²) in [6.07, 6.45) is 5.27. The Morgan fingerprint density at radius 1 is 1.18 bits per heavy atom. The number of thioether (sulfide) groups is 1. The Bertz CT molecular complexity index is 623. The van der Waals surface area contributed by atoms with Crippen molar-refractivity contribution in [3.63, 3.8) is 0 Å². The zero-order valence-electron chi connectivity index (χ0n) is 12.4. The number of benzene rings is 2. The quantitative estimate of drug-likeness (QED) is 0.635. The molecule has 0 aliphatic heterocycles. The van der Waals surface area contributed by atoms with Crippen LogP contribution in [0.2, 0.25) is 0 Å². The lowest BCUT2D eigenvalue weighted by atomic mass is 10.1. The van der Waals surface area contributed by atoms with Crippen LogP contribution in [0.15, 0.2) is 65.6 Å². The molecule has 0 saturated carbocycles. The van der Waals surface area contributed by atoms with E-state index in [0.717, 1.165) is 11.1 Å². The fourth-order valence-corrected chi connectivity index (χ4v) is 2.43. The molecule has 4 heteroatoms. The zero-order chi connectivity index (χ0) is 15.8. The lowest BCUT2D eigenvalue weighted by molar-refractivity contribution is -0.117. The van der Waals surface area contributed by atoms with Crippen LogP contribution in [0.5, 0.6) is 0 Å². The Kier molecular flexibility index (Phi) is 6.25. The second-order valence-electron chi connectivity index (χ2n) is 4.76. The Morgan fingerprint density at radius 2 is 1.86 bits per heavy atom. The van der Waals surface area contributed by atoms with Crippen molar-refractivity contribution >= 4 is 23.7 Å². The van der Waals surface area contributed by atoms with Crippen LogP contribution in [-0.2, 0) is 4.79 Å². The van der Waals surface area contributed by atoms with E-state index in [1.54, 1.807) is 17.8 Å². The third kappa shape index (κ3) is 4.76. The van der Waals surface area contributed by atoms with Crippen molar-refractivity contribution in [2.45, 2.75) is 10.9 Å². The van der Waals surface area contributed by atoms with Crippen molar-refractivity contribution in [2.24, 2.45) is 0 Å². The first-order chi connectivity index (χ1) is 10.7. The first kappa shape index (κ1) is 16.3. The van der Waals surface area contributed by atoms with E-state index in [4.69, 9.17) is 0 Å². The van der Waals surface area contributed by atoms with E-state index < -0.39 is 6.04 Å². The summed E-state index contributed by atoms with van der Waals surface area (Å²) >= 11 is 1.68. The normalized spacial score (nSPS) is 12.3. The molecule has 22 heavy (non-hydrogen) atoms. The van der Waals surface area contributed by atoms with Gasteiger partial charge >= 0.3 is 0 Å². The molecule has 0 aliphatic rings. The van der Waals surface area contributed by atoms with Gasteiger partial charge in [-0.2, -0.15) is 0 Å². The van der Waals surface area contributed by atoms with Crippen LogP contribution < -0.4 is 5.32 Å². The summed E-state index contributed by atoms with van der Waals surface area (Å²) in [5.41, 5.74) is 1.85. The average Bonchev–Trinajstić information content (AvgIpc) is 2.59. The van der Waals surface area contributed by atoms with Gasteiger partial charge in [0.1, 0.15) is 0 Å². The van der Waals surface area contributed by atoms with Gasteiger partial charge in [0.2, 0.25) is 5.91 Å². The highest BCUT2D eigenvalue weighted by molar-refractivity contribution is 7.98. The van der Waals surface area contributed by atoms with E-state index in [1.165, 1.54) is 11.0 Å². The highest BCUT2D eigenvalue weighted by Crippen LogP contribution is 2.15. The van der Waals surface area contributed by atoms with Crippen LogP contribution >= 0.6 is 11.8 Å². The van der Waals surface area contributed by atoms with Gasteiger partial charge in [-0.25, -0.2) is 0 Å². The molecule has 0 aliphatic carbocycles. The zero-order valence-corrected chi connectivity index (χ0v) is 13.2. The first-order valence-corrected chi connectivity index (χ1v) is 8.24. The topological polar surface area (TPSA) is 49.3 Å². The highest BCUT2D eigenvalue weighted by Gasteiger charge is 2.11. The number of carbonyl (C=O) groups is 1. The molecular weight excluding hydrogens is 294 g/mol. The molecular formula is C18H19NO2S. The van der Waals surface area contributed by atoms with Crippen molar-refractivity contribution in [3.8, 4) is 0 Å². The number of nitrogens with one attached hydrogen (secondary N) is 1. The monoisotopic (exact) mass is 313 g/mol. The fraction of sp³-hybridized carbons (Fsp3) is 0.167. The number of carbonyl (C=O) groups excluding carboxylic acids is 1. The van der Waals surface area contributed by atoms with Gasteiger partial charge in [-0.1, -0.05) is 42.5 Å². The van der Waals surface area contributed by atoms with E-state index in [0.29, 0.717) is 0 Å². The largest absolute Gasteiger partial charge is 0.394 e. The van der Waals surface area contributed by atoms with Gasteiger partial charge < -0.3 is 10.4 Å². The number of hydrogen-bond donors (Lipinski definition) is 2. The molecule has 2 rings (SSSR count). The van der Waals surface area contributed by atoms with Gasteiger partial charge in [0.25, 0.3) is 0 Å². The van der Waals surface area contributed by atoms with Gasteiger partial charge in [-0.3, -0.25) is 4.79 Å². The number of amides is 1. The third-order valence-electron chi connectivity index (χ3n) is 3.24. The van der Waals surface area contributed by atoms with Crippen molar-refractivity contribution in [3.05, 3.63) is 71.8 Å². The van der Waals surface area contributed by atoms with Crippen molar-refractivity contribution < 1.29 is 9.90 Å². The predicted molar refractivity (Wildman–Crippen MR) is 91.7 cm³/mol. The molecule has 0 saturated heterocycles. The standard InChI is InChI=1S/C18H19NO2S/c1-22-16-10-7-14(8-11-16)9-12-18(21)19-17(13-20)15-5-3-2-4-6-15/h2-12,17,20H,13H2,1H3,(H,19,21)/b12-9+/t17-/m1/s1. The maximum absolute atomic E-state index is 12.0. The Morgan fingerprint density at radius 3 is 2.45 bits per heavy atom. The van der Waals surface area contributed by atoms with Crippen LogP contribution in [0.3, 0.4) is 0 Å². The second kappa shape index (κ2) is 8.41. The summed E-state index contributed by atoms with van der Waals surface area (Å²) in [6.45, 7) is -0.133. The molecule has 0 heterocycles. The Balaban J connectivity index is 1.97. The van der Waals surface area contributed by atoms with E-state index in [1.807, 2.05) is 60.9 Å². The SMILES string of the molecule is CSc1ccc(/C=C/C(=O)N[C@H](CO)c2ccccc2)cc1. The van der Waals surface area contributed by atoms with Crippen molar-refractivity contribution in [1.82, 2.24) is 5.32 Å². The van der Waals surface area contributed by atoms with E-state index in [2.05, 4.69) is 5.32 Å². The van der Waals surface area contributed by atoms with Crippen LogP contribution in [-0.4, -0.2) is 23.9 Å². The minimum absolute atomic E-state index is 0.133. The maximum atomic E-state index is 12.0. The van der Waals surface area contributed by atoms with Gasteiger partial charge in [-0.15, -0.1) is 11.8 Å². The van der Waals surface area contributed by atoms with Crippen LogP contribution in [0.25, 0.3) is 6.08 Å². The van der Waals surface area contributed by atoms with Gasteiger partial charge in [0.05, 0.1) is 12.6 Å². The minimum atomic E-state index is -0.391.